The Balaban J connectivity index is 1.56. The van der Waals surface area contributed by atoms with Crippen molar-refractivity contribution in [2.45, 2.75) is 44.4 Å². The van der Waals surface area contributed by atoms with Gasteiger partial charge in [-0.05, 0) is 27.4 Å². The van der Waals surface area contributed by atoms with E-state index in [0.29, 0.717) is 6.42 Å². The van der Waals surface area contributed by atoms with Gasteiger partial charge in [-0.3, -0.25) is 4.79 Å². The molecule has 198 valence electrons. The first-order chi connectivity index (χ1) is 18.1. The van der Waals surface area contributed by atoms with Gasteiger partial charge in [0, 0.05) is 5.57 Å². The standard InChI is InChI=1S/C31H35NO5Si/c1-23(29(34)32-25(21-36-30(32)35)20-24-14-8-5-9-15-24)28(33)22-37-38(31(2,3)4,26-16-10-6-11-17-26)27-18-12-7-13-19-27/h5-19,25,28,33H,1,20-22H2,2-4H3/t25-,28+/m0/s1. The van der Waals surface area contributed by atoms with Gasteiger partial charge in [-0.25, -0.2) is 9.69 Å². The fraction of sp³-hybridized carbons (Fsp3) is 0.290. The molecular weight excluding hydrogens is 494 g/mol. The SMILES string of the molecule is C=C(C(=O)N1C(=O)OC[C@@H]1Cc1ccccc1)[C@H](O)CO[Si](c1ccccc1)(c1ccccc1)C(C)(C)C. The number of hydrogen-bond acceptors (Lipinski definition) is 5. The Labute approximate surface area is 225 Å². The molecule has 0 saturated carbocycles. The van der Waals surface area contributed by atoms with Crippen LogP contribution in [0.5, 0.6) is 0 Å². The minimum absolute atomic E-state index is 0.0974. The summed E-state index contributed by atoms with van der Waals surface area (Å²) in [5, 5.41) is 13.0. The number of ether oxygens (including phenoxy) is 1. The molecule has 38 heavy (non-hydrogen) atoms. The summed E-state index contributed by atoms with van der Waals surface area (Å²) in [7, 11) is -2.92. The van der Waals surface area contributed by atoms with E-state index in [4.69, 9.17) is 9.16 Å². The molecule has 2 amide bonds. The van der Waals surface area contributed by atoms with E-state index in [9.17, 15) is 14.7 Å². The number of imide groups is 1. The minimum atomic E-state index is -2.92. The van der Waals surface area contributed by atoms with Crippen LogP contribution in [-0.2, 0) is 20.4 Å². The number of carbonyl (C=O) groups is 2. The lowest BCUT2D eigenvalue weighted by Crippen LogP contribution is -2.67. The third kappa shape index (κ3) is 5.50. The molecular formula is C31H35NO5Si. The highest BCUT2D eigenvalue weighted by molar-refractivity contribution is 6.99. The molecule has 0 unspecified atom stereocenters. The van der Waals surface area contributed by atoms with E-state index in [-0.39, 0.29) is 23.8 Å². The Hall–Kier alpha value is -3.52. The van der Waals surface area contributed by atoms with Crippen molar-refractivity contribution in [2.24, 2.45) is 0 Å². The van der Waals surface area contributed by atoms with E-state index in [2.05, 4.69) is 51.6 Å². The van der Waals surface area contributed by atoms with E-state index in [1.807, 2.05) is 66.7 Å². The zero-order valence-electron chi connectivity index (χ0n) is 22.2. The maximum absolute atomic E-state index is 13.4. The third-order valence-corrected chi connectivity index (χ3v) is 12.1. The van der Waals surface area contributed by atoms with Crippen LogP contribution < -0.4 is 10.4 Å². The molecule has 1 N–H and O–H groups in total. The van der Waals surface area contributed by atoms with Gasteiger partial charge in [0.05, 0.1) is 12.6 Å². The normalized spacial score (nSPS) is 16.7. The van der Waals surface area contributed by atoms with Gasteiger partial charge < -0.3 is 14.3 Å². The molecule has 0 aliphatic carbocycles. The Morgan fingerprint density at radius 1 is 1.00 bits per heavy atom. The number of cyclic esters (lactones) is 1. The van der Waals surface area contributed by atoms with Gasteiger partial charge in [0.2, 0.25) is 0 Å². The topological polar surface area (TPSA) is 76.1 Å². The van der Waals surface area contributed by atoms with E-state index in [1.54, 1.807) is 0 Å². The number of carbonyl (C=O) groups excluding carboxylic acids is 2. The second-order valence-corrected chi connectivity index (χ2v) is 14.9. The van der Waals surface area contributed by atoms with Crippen LogP contribution in [0.1, 0.15) is 26.3 Å². The molecule has 0 aromatic heterocycles. The minimum Gasteiger partial charge on any atom is -0.447 e. The van der Waals surface area contributed by atoms with Crippen LogP contribution in [0.4, 0.5) is 4.79 Å². The van der Waals surface area contributed by atoms with Crippen molar-refractivity contribution in [3.8, 4) is 0 Å². The van der Waals surface area contributed by atoms with Crippen LogP contribution in [0.25, 0.3) is 0 Å². The van der Waals surface area contributed by atoms with Gasteiger partial charge in [0.25, 0.3) is 14.2 Å². The highest BCUT2D eigenvalue weighted by atomic mass is 28.4. The average Bonchev–Trinajstić information content (AvgIpc) is 3.28. The molecule has 1 saturated heterocycles. The van der Waals surface area contributed by atoms with Crippen LogP contribution in [-0.4, -0.2) is 55.7 Å². The Morgan fingerprint density at radius 2 is 1.50 bits per heavy atom. The van der Waals surface area contributed by atoms with E-state index in [0.717, 1.165) is 20.8 Å². The highest BCUT2D eigenvalue weighted by Gasteiger charge is 2.50. The average molecular weight is 530 g/mol. The molecule has 7 heteroatoms. The lowest BCUT2D eigenvalue weighted by atomic mass is 10.0. The van der Waals surface area contributed by atoms with Crippen molar-refractivity contribution in [3.63, 3.8) is 0 Å². The lowest BCUT2D eigenvalue weighted by Gasteiger charge is -2.43. The predicted molar refractivity (Wildman–Crippen MR) is 151 cm³/mol. The fourth-order valence-corrected chi connectivity index (χ4v) is 9.67. The molecule has 3 aromatic carbocycles. The van der Waals surface area contributed by atoms with Gasteiger partial charge in [-0.1, -0.05) is 118 Å². The number of amides is 2. The van der Waals surface area contributed by atoms with Crippen molar-refractivity contribution >= 4 is 30.7 Å². The zero-order valence-corrected chi connectivity index (χ0v) is 23.2. The molecule has 4 rings (SSSR count). The van der Waals surface area contributed by atoms with Crippen molar-refractivity contribution < 1.29 is 23.9 Å². The summed E-state index contributed by atoms with van der Waals surface area (Å²) in [6.07, 6.45) is -1.56. The largest absolute Gasteiger partial charge is 0.447 e. The summed E-state index contributed by atoms with van der Waals surface area (Å²) < 4.78 is 11.9. The van der Waals surface area contributed by atoms with Crippen LogP contribution in [0.3, 0.4) is 0 Å². The van der Waals surface area contributed by atoms with Gasteiger partial charge >= 0.3 is 6.09 Å². The number of aliphatic hydroxyl groups excluding tert-OH is 1. The second kappa shape index (κ2) is 11.5. The Bertz CT molecular complexity index is 1220. The number of rotatable bonds is 9. The molecule has 6 nitrogen and oxygen atoms in total. The first-order valence-electron chi connectivity index (χ1n) is 12.8. The lowest BCUT2D eigenvalue weighted by molar-refractivity contribution is -0.126. The van der Waals surface area contributed by atoms with Crippen molar-refractivity contribution in [3.05, 3.63) is 109 Å². The van der Waals surface area contributed by atoms with Gasteiger partial charge in [-0.15, -0.1) is 0 Å². The highest BCUT2D eigenvalue weighted by Crippen LogP contribution is 2.37. The molecule has 0 bridgehead atoms. The van der Waals surface area contributed by atoms with Gasteiger partial charge in [-0.2, -0.15) is 0 Å². The molecule has 1 aliphatic rings. The summed E-state index contributed by atoms with van der Waals surface area (Å²) >= 11 is 0. The molecule has 1 fully saturated rings. The molecule has 1 aliphatic heterocycles. The number of aliphatic hydroxyl groups is 1. The molecule has 2 atom stereocenters. The smallest absolute Gasteiger partial charge is 0.417 e. The summed E-state index contributed by atoms with van der Waals surface area (Å²) in [6.45, 7) is 10.3. The molecule has 1 heterocycles. The second-order valence-electron chi connectivity index (χ2n) is 10.6. The van der Waals surface area contributed by atoms with E-state index >= 15 is 0 Å². The summed E-state index contributed by atoms with van der Waals surface area (Å²) in [5.74, 6) is -0.646. The van der Waals surface area contributed by atoms with Crippen LogP contribution in [0.2, 0.25) is 5.04 Å². The van der Waals surface area contributed by atoms with Crippen LogP contribution >= 0.6 is 0 Å². The van der Waals surface area contributed by atoms with Gasteiger partial charge in [0.1, 0.15) is 12.7 Å². The van der Waals surface area contributed by atoms with E-state index < -0.39 is 32.5 Å². The first kappa shape index (κ1) is 27.5. The van der Waals surface area contributed by atoms with Crippen molar-refractivity contribution in [1.82, 2.24) is 4.90 Å². The Kier molecular flexibility index (Phi) is 8.31. The maximum atomic E-state index is 13.4. The van der Waals surface area contributed by atoms with E-state index in [1.165, 1.54) is 0 Å². The number of hydrogen-bond donors (Lipinski definition) is 1. The van der Waals surface area contributed by atoms with Crippen molar-refractivity contribution in [1.29, 1.82) is 0 Å². The van der Waals surface area contributed by atoms with Crippen LogP contribution in [0, 0.1) is 0 Å². The monoisotopic (exact) mass is 529 g/mol. The number of benzene rings is 3. The molecule has 0 radical (unpaired) electrons. The number of nitrogens with zero attached hydrogens (tertiary/aromatic N) is 1. The quantitative estimate of drug-likeness (QED) is 0.334. The molecule has 0 spiro atoms. The molecule has 3 aromatic rings. The maximum Gasteiger partial charge on any atom is 0.417 e. The summed E-state index contributed by atoms with van der Waals surface area (Å²) in [5.41, 5.74) is 0.884. The summed E-state index contributed by atoms with van der Waals surface area (Å²) in [6, 6.07) is 29.2. The van der Waals surface area contributed by atoms with Gasteiger partial charge in [0.15, 0.2) is 0 Å². The van der Waals surface area contributed by atoms with Crippen molar-refractivity contribution in [2.75, 3.05) is 13.2 Å². The Morgan fingerprint density at radius 3 is 2.00 bits per heavy atom. The fourth-order valence-electron chi connectivity index (χ4n) is 5.11. The van der Waals surface area contributed by atoms with Crippen LogP contribution in [0.15, 0.2) is 103 Å². The predicted octanol–water partition coefficient (Wildman–Crippen LogP) is 4.07. The summed E-state index contributed by atoms with van der Waals surface area (Å²) in [4.78, 5) is 26.9. The third-order valence-electron chi connectivity index (χ3n) is 7.05. The first-order valence-corrected chi connectivity index (χ1v) is 14.7. The zero-order chi connectivity index (χ0) is 27.3.